The summed E-state index contributed by atoms with van der Waals surface area (Å²) < 4.78 is 9.92. The molecule has 1 aliphatic carbocycles. The Kier molecular flexibility index (Phi) is 6.70. The van der Waals surface area contributed by atoms with E-state index in [2.05, 4.69) is 11.5 Å². The van der Waals surface area contributed by atoms with E-state index in [1.807, 2.05) is 35.4 Å². The molecule has 0 atom stereocenters. The minimum atomic E-state index is -0.120. The first-order valence-corrected chi connectivity index (χ1v) is 12.8. The molecule has 0 unspecified atom stereocenters. The Balaban J connectivity index is 1.51. The monoisotopic (exact) mass is 462 g/mol. The van der Waals surface area contributed by atoms with Crippen LogP contribution in [0.4, 0.5) is 5.69 Å². The standard InChI is InChI=1S/C27H34N4O3/c1-2-3-7-16-30-23(20-12-14-21(15-13-20)29-17-8-11-25(29)32)19-31-26(33)18-24(28-27(30)31)34-22-9-5-4-6-10-22/h12-15,18-19,22H,2-11,16-17H2,1H3. The van der Waals surface area contributed by atoms with Crippen LogP contribution in [0.2, 0.25) is 0 Å². The fourth-order valence-electron chi connectivity index (χ4n) is 5.19. The molecule has 34 heavy (non-hydrogen) atoms. The second-order valence-electron chi connectivity index (χ2n) is 9.55. The number of imidazole rings is 1. The van der Waals surface area contributed by atoms with E-state index in [0.717, 1.165) is 68.6 Å². The van der Waals surface area contributed by atoms with Crippen molar-refractivity contribution in [3.8, 4) is 17.1 Å². The van der Waals surface area contributed by atoms with E-state index in [4.69, 9.17) is 9.72 Å². The van der Waals surface area contributed by atoms with Crippen molar-refractivity contribution in [1.82, 2.24) is 14.0 Å². The average Bonchev–Trinajstić information content (AvgIpc) is 3.44. The Hall–Kier alpha value is -3.09. The smallest absolute Gasteiger partial charge is 0.262 e. The molecule has 1 aromatic carbocycles. The largest absolute Gasteiger partial charge is 0.474 e. The van der Waals surface area contributed by atoms with Gasteiger partial charge in [0.1, 0.15) is 6.10 Å². The molecular weight excluding hydrogens is 428 g/mol. The highest BCUT2D eigenvalue weighted by Gasteiger charge is 2.22. The molecule has 5 rings (SSSR count). The summed E-state index contributed by atoms with van der Waals surface area (Å²) in [5.41, 5.74) is 2.77. The van der Waals surface area contributed by atoms with Gasteiger partial charge in [0, 0.05) is 31.4 Å². The van der Waals surface area contributed by atoms with Crippen LogP contribution in [0.3, 0.4) is 0 Å². The molecule has 0 spiro atoms. The van der Waals surface area contributed by atoms with E-state index in [0.29, 0.717) is 18.1 Å². The normalized spacial score (nSPS) is 17.1. The molecule has 1 amide bonds. The maximum Gasteiger partial charge on any atom is 0.262 e. The Morgan fingerprint density at radius 3 is 2.53 bits per heavy atom. The number of carbonyl (C=O) groups is 1. The number of amides is 1. The topological polar surface area (TPSA) is 68.8 Å². The Morgan fingerprint density at radius 2 is 1.82 bits per heavy atom. The van der Waals surface area contributed by atoms with Gasteiger partial charge in [-0.2, -0.15) is 4.98 Å². The average molecular weight is 463 g/mol. The van der Waals surface area contributed by atoms with Crippen molar-refractivity contribution in [2.45, 2.75) is 83.8 Å². The number of anilines is 1. The van der Waals surface area contributed by atoms with Crippen LogP contribution in [0, 0.1) is 0 Å². The molecule has 1 saturated heterocycles. The van der Waals surface area contributed by atoms with Crippen molar-refractivity contribution in [2.75, 3.05) is 11.4 Å². The van der Waals surface area contributed by atoms with Gasteiger partial charge in [-0.1, -0.05) is 38.3 Å². The van der Waals surface area contributed by atoms with Gasteiger partial charge in [-0.15, -0.1) is 0 Å². The van der Waals surface area contributed by atoms with Gasteiger partial charge in [-0.3, -0.25) is 14.0 Å². The van der Waals surface area contributed by atoms with Crippen molar-refractivity contribution < 1.29 is 9.53 Å². The molecular formula is C27H34N4O3. The lowest BCUT2D eigenvalue weighted by Gasteiger charge is -2.22. The van der Waals surface area contributed by atoms with Crippen molar-refractivity contribution in [2.24, 2.45) is 0 Å². The number of carbonyl (C=O) groups excluding carboxylic acids is 1. The number of aromatic nitrogens is 3. The zero-order valence-electron chi connectivity index (χ0n) is 20.0. The van der Waals surface area contributed by atoms with E-state index in [-0.39, 0.29) is 17.6 Å². The Morgan fingerprint density at radius 1 is 1.03 bits per heavy atom. The number of hydrogen-bond donors (Lipinski definition) is 0. The molecule has 7 heteroatoms. The van der Waals surface area contributed by atoms with Crippen LogP contribution in [0.15, 0.2) is 41.3 Å². The van der Waals surface area contributed by atoms with Crippen molar-refractivity contribution in [3.63, 3.8) is 0 Å². The van der Waals surface area contributed by atoms with Crippen molar-refractivity contribution in [3.05, 3.63) is 46.9 Å². The van der Waals surface area contributed by atoms with Gasteiger partial charge < -0.3 is 14.2 Å². The molecule has 0 N–H and O–H groups in total. The molecule has 3 heterocycles. The molecule has 2 aromatic heterocycles. The quantitative estimate of drug-likeness (QED) is 0.432. The Labute approximate surface area is 200 Å². The fraction of sp³-hybridized carbons (Fsp3) is 0.519. The van der Waals surface area contributed by atoms with Gasteiger partial charge in [-0.25, -0.2) is 0 Å². The molecule has 0 radical (unpaired) electrons. The summed E-state index contributed by atoms with van der Waals surface area (Å²) in [7, 11) is 0. The highest BCUT2D eigenvalue weighted by atomic mass is 16.5. The van der Waals surface area contributed by atoms with Gasteiger partial charge in [0.05, 0.1) is 11.8 Å². The Bertz CT molecular complexity index is 1210. The van der Waals surface area contributed by atoms with Crippen molar-refractivity contribution in [1.29, 1.82) is 0 Å². The minimum Gasteiger partial charge on any atom is -0.474 e. The summed E-state index contributed by atoms with van der Waals surface area (Å²) in [5, 5.41) is 0. The van der Waals surface area contributed by atoms with Gasteiger partial charge in [0.25, 0.3) is 5.56 Å². The summed E-state index contributed by atoms with van der Waals surface area (Å²) in [6, 6.07) is 9.59. The summed E-state index contributed by atoms with van der Waals surface area (Å²) in [4.78, 5) is 31.8. The maximum absolute atomic E-state index is 13.0. The SMILES string of the molecule is CCCCCn1c(-c2ccc(N3CCCC3=O)cc2)cn2c(=O)cc(OC3CCCCC3)nc12. The lowest BCUT2D eigenvalue weighted by atomic mass is 9.98. The second kappa shape index (κ2) is 10.0. The van der Waals surface area contributed by atoms with Crippen LogP contribution in [-0.2, 0) is 11.3 Å². The number of unbranched alkanes of at least 4 members (excludes halogenated alkanes) is 2. The third-order valence-corrected chi connectivity index (χ3v) is 7.07. The number of fused-ring (bicyclic) bond motifs is 1. The first-order valence-electron chi connectivity index (χ1n) is 12.8. The van der Waals surface area contributed by atoms with E-state index in [1.165, 1.54) is 25.3 Å². The van der Waals surface area contributed by atoms with Gasteiger partial charge in [0.2, 0.25) is 17.6 Å². The van der Waals surface area contributed by atoms with E-state index in [1.54, 1.807) is 4.40 Å². The maximum atomic E-state index is 13.0. The molecule has 2 fully saturated rings. The first kappa shape index (κ1) is 22.7. The summed E-state index contributed by atoms with van der Waals surface area (Å²) in [6.07, 6.45) is 12.4. The van der Waals surface area contributed by atoms with Crippen LogP contribution in [-0.4, -0.2) is 32.5 Å². The fourth-order valence-corrected chi connectivity index (χ4v) is 5.19. The molecule has 180 valence electrons. The number of nitrogens with zero attached hydrogens (tertiary/aromatic N) is 4. The molecule has 7 nitrogen and oxygen atoms in total. The van der Waals surface area contributed by atoms with Crippen LogP contribution < -0.4 is 15.2 Å². The molecule has 3 aromatic rings. The lowest BCUT2D eigenvalue weighted by Crippen LogP contribution is -2.23. The number of rotatable bonds is 8. The summed E-state index contributed by atoms with van der Waals surface area (Å²) >= 11 is 0. The van der Waals surface area contributed by atoms with Crippen LogP contribution in [0.5, 0.6) is 5.88 Å². The second-order valence-corrected chi connectivity index (χ2v) is 9.55. The molecule has 0 bridgehead atoms. The predicted octanol–water partition coefficient (Wildman–Crippen LogP) is 5.19. The highest BCUT2D eigenvalue weighted by Crippen LogP contribution is 2.28. The molecule has 1 saturated carbocycles. The summed E-state index contributed by atoms with van der Waals surface area (Å²) in [5.74, 6) is 1.24. The number of hydrogen-bond acceptors (Lipinski definition) is 4. The van der Waals surface area contributed by atoms with Gasteiger partial charge in [-0.05, 0) is 56.2 Å². The van der Waals surface area contributed by atoms with Gasteiger partial charge >= 0.3 is 0 Å². The van der Waals surface area contributed by atoms with Gasteiger partial charge in [0.15, 0.2) is 0 Å². The predicted molar refractivity (Wildman–Crippen MR) is 134 cm³/mol. The highest BCUT2D eigenvalue weighted by molar-refractivity contribution is 5.95. The number of aryl methyl sites for hydroxylation is 1. The zero-order chi connectivity index (χ0) is 23.5. The molecule has 1 aliphatic heterocycles. The number of ether oxygens (including phenoxy) is 1. The number of benzene rings is 1. The first-order chi connectivity index (χ1) is 16.6. The van der Waals surface area contributed by atoms with E-state index >= 15 is 0 Å². The van der Waals surface area contributed by atoms with E-state index < -0.39 is 0 Å². The third-order valence-electron chi connectivity index (χ3n) is 7.07. The van der Waals surface area contributed by atoms with Crippen LogP contribution in [0.1, 0.15) is 71.1 Å². The summed E-state index contributed by atoms with van der Waals surface area (Å²) in [6.45, 7) is 3.75. The third kappa shape index (κ3) is 4.61. The van der Waals surface area contributed by atoms with Crippen LogP contribution in [0.25, 0.3) is 17.0 Å². The zero-order valence-corrected chi connectivity index (χ0v) is 20.0. The molecule has 2 aliphatic rings. The van der Waals surface area contributed by atoms with Crippen LogP contribution >= 0.6 is 0 Å². The lowest BCUT2D eigenvalue weighted by molar-refractivity contribution is -0.117. The van der Waals surface area contributed by atoms with E-state index in [9.17, 15) is 9.59 Å². The minimum absolute atomic E-state index is 0.120. The van der Waals surface area contributed by atoms with Crippen molar-refractivity contribution >= 4 is 17.4 Å².